The maximum Gasteiger partial charge on any atom is 0.303 e. The number of fused-ring (bicyclic) bond motifs is 2. The predicted molar refractivity (Wildman–Crippen MR) is 173 cm³/mol. The number of carboxylic acids is 1. The van der Waals surface area contributed by atoms with E-state index in [0.29, 0.717) is 36.6 Å². The summed E-state index contributed by atoms with van der Waals surface area (Å²) in [4.78, 5) is 26.2. The Kier molecular flexibility index (Phi) is 10.6. The van der Waals surface area contributed by atoms with Gasteiger partial charge in [-0.05, 0) is 103 Å². The Morgan fingerprint density at radius 1 is 0.977 bits per heavy atom. The molecule has 1 fully saturated rings. The first-order chi connectivity index (χ1) is 20.2. The van der Waals surface area contributed by atoms with Crippen molar-refractivity contribution in [1.29, 1.82) is 0 Å². The maximum absolute atomic E-state index is 14.6. The number of benzene rings is 1. The molecule has 6 atom stereocenters. The number of carbonyl (C=O) groups excluding carboxylic acids is 1. The molecule has 3 aliphatic rings. The lowest BCUT2D eigenvalue weighted by atomic mass is 9.46. The molecule has 0 saturated heterocycles. The number of methoxy groups -OCH3 is 1. The highest BCUT2D eigenvalue weighted by Crippen LogP contribution is 2.64. The first-order valence-electron chi connectivity index (χ1n) is 17.0. The van der Waals surface area contributed by atoms with Gasteiger partial charge in [0.15, 0.2) is 5.78 Å². The van der Waals surface area contributed by atoms with Crippen LogP contribution in [0.15, 0.2) is 35.4 Å². The van der Waals surface area contributed by atoms with E-state index in [-0.39, 0.29) is 29.3 Å². The molecular formula is C38H58O5. The van der Waals surface area contributed by atoms with Crippen LogP contribution in [-0.4, -0.2) is 30.1 Å². The normalized spacial score (nSPS) is 30.0. The molecule has 1 aromatic rings. The van der Waals surface area contributed by atoms with Gasteiger partial charge in [-0.15, -0.1) is 0 Å². The van der Waals surface area contributed by atoms with Gasteiger partial charge in [0.25, 0.3) is 0 Å². The average Bonchev–Trinajstić information content (AvgIpc) is 2.94. The van der Waals surface area contributed by atoms with Crippen molar-refractivity contribution in [2.24, 2.45) is 39.9 Å². The van der Waals surface area contributed by atoms with Gasteiger partial charge in [0.1, 0.15) is 5.75 Å². The molecule has 0 amide bonds. The van der Waals surface area contributed by atoms with E-state index >= 15 is 0 Å². The third kappa shape index (κ3) is 6.92. The number of hydrogen-bond donors (Lipinski definition) is 1. The van der Waals surface area contributed by atoms with Crippen LogP contribution in [0.5, 0.6) is 5.75 Å². The molecule has 5 nitrogen and oxygen atoms in total. The molecule has 1 N–H and O–H groups in total. The molecule has 43 heavy (non-hydrogen) atoms. The molecule has 240 valence electrons. The van der Waals surface area contributed by atoms with Gasteiger partial charge >= 0.3 is 5.97 Å². The Bertz CT molecular complexity index is 1160. The number of carboxylic acid groups (broad SMARTS) is 1. The summed E-state index contributed by atoms with van der Waals surface area (Å²) in [5.41, 5.74) is 3.19. The molecule has 0 aromatic heterocycles. The van der Waals surface area contributed by atoms with E-state index in [2.05, 4.69) is 60.6 Å². The molecule has 0 aliphatic heterocycles. The number of aliphatic carboxylic acids is 1. The Hall–Kier alpha value is -2.14. The highest BCUT2D eigenvalue weighted by atomic mass is 16.5. The topological polar surface area (TPSA) is 72.8 Å². The third-order valence-electron chi connectivity index (χ3n) is 12.1. The molecule has 5 heteroatoms. The molecule has 0 unspecified atom stereocenters. The van der Waals surface area contributed by atoms with Gasteiger partial charge in [0.05, 0.1) is 19.8 Å². The number of carbonyl (C=O) groups is 2. The fourth-order valence-electron chi connectivity index (χ4n) is 9.52. The van der Waals surface area contributed by atoms with Gasteiger partial charge in [-0.3, -0.25) is 9.59 Å². The van der Waals surface area contributed by atoms with Crippen LogP contribution in [0.1, 0.15) is 125 Å². The summed E-state index contributed by atoms with van der Waals surface area (Å²) >= 11 is 0. The molecular weight excluding hydrogens is 536 g/mol. The molecule has 4 rings (SSSR count). The summed E-state index contributed by atoms with van der Waals surface area (Å²) in [7, 11) is 1.69. The summed E-state index contributed by atoms with van der Waals surface area (Å²) in [5.74, 6) is 1.98. The number of allylic oxidation sites excluding steroid dienone is 2. The van der Waals surface area contributed by atoms with Gasteiger partial charge in [0.2, 0.25) is 0 Å². The number of hydrogen-bond acceptors (Lipinski definition) is 4. The SMILES string of the molecule is COc1ccc(CO[C@H]2CC[C@]3(C)C4=C(CC[C@H]3C2(C)C)C(=O)[C@@](C)([C@H](CCC(=O)O)[C@H](C)CCCC(C)C)CC4)cc1. The van der Waals surface area contributed by atoms with Crippen LogP contribution in [-0.2, 0) is 20.9 Å². The van der Waals surface area contributed by atoms with Crippen molar-refractivity contribution < 1.29 is 24.2 Å². The minimum atomic E-state index is -0.757. The standard InChI is InChI=1S/C38H58O5/c1-25(2)10-9-11-26(3)30(17-19-34(39)40)38(7)22-20-31-29(35(38)41)16-18-32-36(4,5)33(21-23-37(31,32)6)43-24-27-12-14-28(42-8)15-13-27/h12-15,25-26,30,32-33H,9-11,16-24H2,1-8H3,(H,39,40)/t26-,30-,32+,33+,37-,38-/m1/s1. The number of rotatable bonds is 13. The molecule has 0 radical (unpaired) electrons. The first kappa shape index (κ1) is 33.7. The van der Waals surface area contributed by atoms with E-state index in [1.807, 2.05) is 12.1 Å². The van der Waals surface area contributed by atoms with Crippen molar-refractivity contribution in [2.45, 2.75) is 132 Å². The van der Waals surface area contributed by atoms with Gasteiger partial charge < -0.3 is 14.6 Å². The third-order valence-corrected chi connectivity index (χ3v) is 12.1. The summed E-state index contributed by atoms with van der Waals surface area (Å²) in [6, 6.07) is 8.14. The second kappa shape index (κ2) is 13.5. The zero-order valence-electron chi connectivity index (χ0n) is 28.3. The Morgan fingerprint density at radius 2 is 1.67 bits per heavy atom. The zero-order valence-corrected chi connectivity index (χ0v) is 28.3. The summed E-state index contributed by atoms with van der Waals surface area (Å²) < 4.78 is 11.9. The Morgan fingerprint density at radius 3 is 2.30 bits per heavy atom. The minimum absolute atomic E-state index is 0.00322. The molecule has 0 heterocycles. The van der Waals surface area contributed by atoms with Crippen molar-refractivity contribution >= 4 is 11.8 Å². The molecule has 0 bridgehead atoms. The monoisotopic (exact) mass is 594 g/mol. The Labute approximate surface area is 261 Å². The summed E-state index contributed by atoms with van der Waals surface area (Å²) in [6.45, 7) is 16.7. The lowest BCUT2D eigenvalue weighted by Crippen LogP contribution is -2.55. The number of ketones is 1. The molecule has 1 saturated carbocycles. The lowest BCUT2D eigenvalue weighted by molar-refractivity contribution is -0.141. The predicted octanol–water partition coefficient (Wildman–Crippen LogP) is 9.43. The number of Topliss-reactive ketones (excluding diaryl/α,β-unsaturated/α-hetero) is 1. The van der Waals surface area contributed by atoms with Crippen molar-refractivity contribution in [3.05, 3.63) is 41.0 Å². The maximum atomic E-state index is 14.6. The van der Waals surface area contributed by atoms with Crippen LogP contribution in [0.2, 0.25) is 0 Å². The van der Waals surface area contributed by atoms with E-state index < -0.39 is 11.4 Å². The van der Waals surface area contributed by atoms with Gasteiger partial charge in [-0.1, -0.05) is 85.4 Å². The van der Waals surface area contributed by atoms with Crippen molar-refractivity contribution in [3.8, 4) is 5.75 Å². The van der Waals surface area contributed by atoms with Crippen LogP contribution in [0.25, 0.3) is 0 Å². The van der Waals surface area contributed by atoms with Gasteiger partial charge in [-0.2, -0.15) is 0 Å². The largest absolute Gasteiger partial charge is 0.497 e. The smallest absolute Gasteiger partial charge is 0.303 e. The van der Waals surface area contributed by atoms with Crippen molar-refractivity contribution in [2.75, 3.05) is 7.11 Å². The van der Waals surface area contributed by atoms with E-state index in [1.54, 1.807) is 7.11 Å². The van der Waals surface area contributed by atoms with Crippen LogP contribution in [0.4, 0.5) is 0 Å². The second-order valence-corrected chi connectivity index (χ2v) is 15.6. The van der Waals surface area contributed by atoms with E-state index in [1.165, 1.54) is 12.0 Å². The molecule has 3 aliphatic carbocycles. The fourth-order valence-corrected chi connectivity index (χ4v) is 9.52. The second-order valence-electron chi connectivity index (χ2n) is 15.6. The fraction of sp³-hybridized carbons (Fsp3) is 0.737. The van der Waals surface area contributed by atoms with Gasteiger partial charge in [0, 0.05) is 11.8 Å². The van der Waals surface area contributed by atoms with Crippen molar-refractivity contribution in [1.82, 2.24) is 0 Å². The van der Waals surface area contributed by atoms with E-state index in [4.69, 9.17) is 9.47 Å². The minimum Gasteiger partial charge on any atom is -0.497 e. The lowest BCUT2D eigenvalue weighted by Gasteiger charge is -2.59. The highest BCUT2D eigenvalue weighted by molar-refractivity contribution is 6.02. The summed E-state index contributed by atoms with van der Waals surface area (Å²) in [5, 5.41) is 9.58. The molecule has 1 aromatic carbocycles. The van der Waals surface area contributed by atoms with E-state index in [9.17, 15) is 14.7 Å². The number of ether oxygens (including phenoxy) is 2. The van der Waals surface area contributed by atoms with Gasteiger partial charge in [-0.25, -0.2) is 0 Å². The van der Waals surface area contributed by atoms with Crippen molar-refractivity contribution in [3.63, 3.8) is 0 Å². The Balaban J connectivity index is 1.53. The summed E-state index contributed by atoms with van der Waals surface area (Å²) in [6.07, 6.45) is 9.95. The average molecular weight is 595 g/mol. The zero-order chi connectivity index (χ0) is 31.6. The first-order valence-corrected chi connectivity index (χ1v) is 17.0. The highest BCUT2D eigenvalue weighted by Gasteiger charge is 2.58. The van der Waals surface area contributed by atoms with E-state index in [0.717, 1.165) is 68.3 Å². The quantitative estimate of drug-likeness (QED) is 0.246. The van der Waals surface area contributed by atoms with Crippen LogP contribution < -0.4 is 4.74 Å². The van der Waals surface area contributed by atoms with Crippen LogP contribution in [0, 0.1) is 39.9 Å². The van der Waals surface area contributed by atoms with Crippen LogP contribution in [0.3, 0.4) is 0 Å². The molecule has 0 spiro atoms. The van der Waals surface area contributed by atoms with Crippen LogP contribution >= 0.6 is 0 Å².